The van der Waals surface area contributed by atoms with E-state index in [1.807, 2.05) is 6.07 Å². The molecule has 0 amide bonds. The molecule has 0 N–H and O–H groups in total. The van der Waals surface area contributed by atoms with Crippen LogP contribution in [0.15, 0.2) is 42.6 Å². The molecular weight excluding hydrogens is 382 g/mol. The fourth-order valence-electron chi connectivity index (χ4n) is 1.90. The molecule has 0 saturated heterocycles. The van der Waals surface area contributed by atoms with Crippen LogP contribution in [0.2, 0.25) is 0 Å². The lowest BCUT2D eigenvalue weighted by Crippen LogP contribution is -2.05. The summed E-state index contributed by atoms with van der Waals surface area (Å²) < 4.78 is 39.9. The third kappa shape index (κ3) is 2.26. The van der Waals surface area contributed by atoms with Crippen LogP contribution < -0.4 is 0 Å². The average Bonchev–Trinajstić information content (AvgIpc) is 2.76. The van der Waals surface area contributed by atoms with Crippen LogP contribution in [0.1, 0.15) is 5.56 Å². The van der Waals surface area contributed by atoms with Crippen molar-refractivity contribution in [1.82, 2.24) is 14.8 Å². The summed E-state index contributed by atoms with van der Waals surface area (Å²) in [5, 5.41) is 4.31. The van der Waals surface area contributed by atoms with E-state index in [4.69, 9.17) is 0 Å². The Balaban J connectivity index is 2.12. The normalized spacial score (nSPS) is 12.0. The fourth-order valence-corrected chi connectivity index (χ4v) is 2.54. The summed E-state index contributed by atoms with van der Waals surface area (Å²) in [5.41, 5.74) is 1.38. The van der Waals surface area contributed by atoms with Crippen molar-refractivity contribution in [3.05, 3.63) is 51.9 Å². The minimum absolute atomic E-state index is 0.568. The van der Waals surface area contributed by atoms with Gasteiger partial charge in [-0.05, 0) is 59.0 Å². The van der Waals surface area contributed by atoms with Gasteiger partial charge in [0.1, 0.15) is 9.22 Å². The highest BCUT2D eigenvalue weighted by molar-refractivity contribution is 14.1. The molecular formula is C13H7F3IN3. The van der Waals surface area contributed by atoms with Crippen LogP contribution in [0.4, 0.5) is 13.2 Å². The Labute approximate surface area is 125 Å². The second kappa shape index (κ2) is 4.72. The molecule has 0 aliphatic carbocycles. The number of aromatic nitrogens is 3. The standard InChI is InChI=1S/C13H7F3IN3/c14-13(15,16)8-3-5-9(6-4-8)20-10-2-1-7-18-11(10)12(17)19-20/h1-7H. The number of hydrogen-bond acceptors (Lipinski definition) is 2. The van der Waals surface area contributed by atoms with Crippen LogP contribution in [-0.2, 0) is 6.18 Å². The minimum atomic E-state index is -4.33. The molecule has 7 heteroatoms. The molecule has 0 aliphatic heterocycles. The van der Waals surface area contributed by atoms with E-state index in [0.717, 1.165) is 23.2 Å². The Morgan fingerprint density at radius 3 is 2.40 bits per heavy atom. The average molecular weight is 389 g/mol. The molecule has 3 aromatic rings. The largest absolute Gasteiger partial charge is 0.416 e. The van der Waals surface area contributed by atoms with Crippen molar-refractivity contribution in [2.75, 3.05) is 0 Å². The van der Waals surface area contributed by atoms with E-state index in [1.165, 1.54) is 12.1 Å². The first-order valence-corrected chi connectivity index (χ1v) is 6.71. The maximum absolute atomic E-state index is 12.5. The number of nitrogens with zero attached hydrogens (tertiary/aromatic N) is 3. The Hall–Kier alpha value is -1.64. The van der Waals surface area contributed by atoms with E-state index in [-0.39, 0.29) is 0 Å². The number of halogens is 4. The van der Waals surface area contributed by atoms with Gasteiger partial charge in [-0.15, -0.1) is 0 Å². The van der Waals surface area contributed by atoms with Crippen LogP contribution in [0.25, 0.3) is 16.7 Å². The van der Waals surface area contributed by atoms with Gasteiger partial charge in [-0.25, -0.2) is 4.68 Å². The quantitative estimate of drug-likeness (QED) is 0.589. The summed E-state index contributed by atoms with van der Waals surface area (Å²) in [4.78, 5) is 4.21. The molecule has 0 aliphatic rings. The van der Waals surface area contributed by atoms with Crippen LogP contribution in [0.3, 0.4) is 0 Å². The van der Waals surface area contributed by atoms with Gasteiger partial charge in [-0.2, -0.15) is 18.3 Å². The van der Waals surface area contributed by atoms with Gasteiger partial charge in [0.15, 0.2) is 0 Å². The van der Waals surface area contributed by atoms with Crippen molar-refractivity contribution >= 4 is 33.6 Å². The molecule has 2 aromatic heterocycles. The van der Waals surface area contributed by atoms with E-state index in [9.17, 15) is 13.2 Å². The van der Waals surface area contributed by atoms with Crippen molar-refractivity contribution in [2.45, 2.75) is 6.18 Å². The molecule has 0 atom stereocenters. The highest BCUT2D eigenvalue weighted by Crippen LogP contribution is 2.30. The first-order valence-electron chi connectivity index (χ1n) is 5.64. The monoisotopic (exact) mass is 389 g/mol. The third-order valence-electron chi connectivity index (χ3n) is 2.84. The lowest BCUT2D eigenvalue weighted by molar-refractivity contribution is -0.137. The number of rotatable bonds is 1. The van der Waals surface area contributed by atoms with Crippen molar-refractivity contribution < 1.29 is 13.2 Å². The van der Waals surface area contributed by atoms with E-state index in [1.54, 1.807) is 16.9 Å². The van der Waals surface area contributed by atoms with Crippen molar-refractivity contribution in [3.8, 4) is 5.69 Å². The molecule has 0 spiro atoms. The zero-order valence-corrected chi connectivity index (χ0v) is 12.1. The number of pyridine rings is 1. The van der Waals surface area contributed by atoms with Gasteiger partial charge in [-0.1, -0.05) is 0 Å². The summed E-state index contributed by atoms with van der Waals surface area (Å²) in [7, 11) is 0. The van der Waals surface area contributed by atoms with Gasteiger partial charge in [0, 0.05) is 6.20 Å². The fraction of sp³-hybridized carbons (Fsp3) is 0.0769. The number of hydrogen-bond donors (Lipinski definition) is 0. The summed E-state index contributed by atoms with van der Waals surface area (Å²) in [6, 6.07) is 8.49. The Kier molecular flexibility index (Phi) is 3.15. The van der Waals surface area contributed by atoms with E-state index < -0.39 is 11.7 Å². The van der Waals surface area contributed by atoms with Crippen LogP contribution in [0, 0.1) is 3.70 Å². The maximum Gasteiger partial charge on any atom is 0.416 e. The molecule has 0 radical (unpaired) electrons. The molecule has 0 unspecified atom stereocenters. The summed E-state index contributed by atoms with van der Waals surface area (Å²) in [6.07, 6.45) is -2.68. The van der Waals surface area contributed by atoms with Gasteiger partial charge >= 0.3 is 6.18 Å². The Morgan fingerprint density at radius 1 is 1.05 bits per heavy atom. The van der Waals surface area contributed by atoms with Crippen LogP contribution >= 0.6 is 22.6 Å². The molecule has 0 bridgehead atoms. The number of fused-ring (bicyclic) bond motifs is 1. The minimum Gasteiger partial charge on any atom is -0.252 e. The molecule has 0 saturated carbocycles. The molecule has 0 fully saturated rings. The molecule has 1 aromatic carbocycles. The molecule has 2 heterocycles. The second-order valence-corrected chi connectivity index (χ2v) is 5.14. The van der Waals surface area contributed by atoms with Crippen molar-refractivity contribution in [3.63, 3.8) is 0 Å². The smallest absolute Gasteiger partial charge is 0.252 e. The van der Waals surface area contributed by atoms with E-state index in [0.29, 0.717) is 9.39 Å². The van der Waals surface area contributed by atoms with Gasteiger partial charge in [0.2, 0.25) is 0 Å². The zero-order chi connectivity index (χ0) is 14.3. The topological polar surface area (TPSA) is 30.7 Å². The van der Waals surface area contributed by atoms with Gasteiger partial charge < -0.3 is 0 Å². The summed E-state index contributed by atoms with van der Waals surface area (Å²) in [6.45, 7) is 0. The van der Waals surface area contributed by atoms with Crippen LogP contribution in [-0.4, -0.2) is 14.8 Å². The van der Waals surface area contributed by atoms with Crippen molar-refractivity contribution in [1.29, 1.82) is 0 Å². The summed E-state index contributed by atoms with van der Waals surface area (Å²) in [5.74, 6) is 0. The number of benzene rings is 1. The van der Waals surface area contributed by atoms with Gasteiger partial charge in [0.25, 0.3) is 0 Å². The first kappa shape index (κ1) is 13.3. The summed E-state index contributed by atoms with van der Waals surface area (Å²) >= 11 is 2.05. The van der Waals surface area contributed by atoms with Crippen LogP contribution in [0.5, 0.6) is 0 Å². The second-order valence-electron chi connectivity index (χ2n) is 4.12. The predicted octanol–water partition coefficient (Wildman–Crippen LogP) is 4.04. The third-order valence-corrected chi connectivity index (χ3v) is 3.56. The predicted molar refractivity (Wildman–Crippen MR) is 76.6 cm³/mol. The SMILES string of the molecule is FC(F)(F)c1ccc(-n2nc(I)c3ncccc32)cc1. The molecule has 3 rings (SSSR count). The Bertz CT molecular complexity index is 763. The van der Waals surface area contributed by atoms with Crippen molar-refractivity contribution in [2.24, 2.45) is 0 Å². The van der Waals surface area contributed by atoms with Gasteiger partial charge in [-0.3, -0.25) is 4.98 Å². The number of alkyl halides is 3. The Morgan fingerprint density at radius 2 is 1.75 bits per heavy atom. The molecule has 102 valence electrons. The van der Waals surface area contributed by atoms with E-state index in [2.05, 4.69) is 32.7 Å². The first-order chi connectivity index (χ1) is 9.47. The lowest BCUT2D eigenvalue weighted by Gasteiger charge is -2.08. The maximum atomic E-state index is 12.5. The highest BCUT2D eigenvalue weighted by atomic mass is 127. The lowest BCUT2D eigenvalue weighted by atomic mass is 10.2. The van der Waals surface area contributed by atoms with Gasteiger partial charge in [0.05, 0.1) is 16.8 Å². The zero-order valence-electron chi connectivity index (χ0n) is 9.89. The molecule has 20 heavy (non-hydrogen) atoms. The van der Waals surface area contributed by atoms with E-state index >= 15 is 0 Å². The highest BCUT2D eigenvalue weighted by Gasteiger charge is 2.30. The molecule has 3 nitrogen and oxygen atoms in total.